The number of hydrogen-bond acceptors (Lipinski definition) is 6. The van der Waals surface area contributed by atoms with Crippen LogP contribution in [-0.2, 0) is 20.0 Å². The lowest BCUT2D eigenvalue weighted by atomic mass is 10.1. The minimum atomic E-state index is -3.68. The predicted molar refractivity (Wildman–Crippen MR) is 85.8 cm³/mol. The van der Waals surface area contributed by atoms with E-state index in [0.717, 1.165) is 5.41 Å². The number of rotatable bonds is 7. The Labute approximate surface area is 135 Å². The van der Waals surface area contributed by atoms with Gasteiger partial charge in [-0.1, -0.05) is 12.6 Å². The molecule has 1 aromatic carbocycles. The first-order valence-electron chi connectivity index (χ1n) is 6.91. The van der Waals surface area contributed by atoms with Crippen molar-refractivity contribution in [2.45, 2.75) is 11.3 Å². The second kappa shape index (κ2) is 6.97. The van der Waals surface area contributed by atoms with Crippen molar-refractivity contribution in [3.05, 3.63) is 36.3 Å². The molecule has 23 heavy (non-hydrogen) atoms. The van der Waals surface area contributed by atoms with Crippen LogP contribution in [0.5, 0.6) is 0 Å². The van der Waals surface area contributed by atoms with Gasteiger partial charge in [0.25, 0.3) is 0 Å². The molecule has 0 saturated carbocycles. The van der Waals surface area contributed by atoms with Crippen LogP contribution in [0.1, 0.15) is 6.42 Å². The Hall–Kier alpha value is -1.46. The number of benzene rings is 1. The maximum Gasteiger partial charge on any atom is 0.243 e. The molecule has 1 aliphatic heterocycles. The van der Waals surface area contributed by atoms with Crippen LogP contribution in [-0.4, -0.2) is 46.0 Å². The van der Waals surface area contributed by atoms with Gasteiger partial charge in [-0.25, -0.2) is 21.6 Å². The summed E-state index contributed by atoms with van der Waals surface area (Å²) in [7, 11) is -7.19. The normalized spacial score (nSPS) is 19.6. The maximum atomic E-state index is 12.6. The van der Waals surface area contributed by atoms with Crippen molar-refractivity contribution in [3.63, 3.8) is 0 Å². The third-order valence-electron chi connectivity index (χ3n) is 3.64. The molecule has 8 nitrogen and oxygen atoms in total. The van der Waals surface area contributed by atoms with E-state index in [2.05, 4.69) is 11.3 Å². The van der Waals surface area contributed by atoms with E-state index in [1.54, 1.807) is 0 Å². The summed E-state index contributed by atoms with van der Waals surface area (Å²) in [5.41, 5.74) is 2.19. The van der Waals surface area contributed by atoms with Gasteiger partial charge in [-0.05, 0) is 30.5 Å². The monoisotopic (exact) mass is 361 g/mol. The molecule has 2 rings (SSSR count). The van der Waals surface area contributed by atoms with Crippen LogP contribution in [0.2, 0.25) is 0 Å². The standard InChI is InChI=1S/C13H19N3O5S2/c1-2-22(18,19)14-9-11-6-7-16(10-11)23(20,21)13-5-3-4-12(8-13)15-17/h2-5,8,11,14-15,17H,1,6-7,9-10H2/t11-/m1/s1. The fourth-order valence-corrected chi connectivity index (χ4v) is 4.51. The van der Waals surface area contributed by atoms with Crippen LogP contribution in [0.15, 0.2) is 41.1 Å². The highest BCUT2D eigenvalue weighted by Crippen LogP contribution is 2.25. The van der Waals surface area contributed by atoms with Gasteiger partial charge in [-0.15, -0.1) is 0 Å². The van der Waals surface area contributed by atoms with Crippen LogP contribution in [0.4, 0.5) is 5.69 Å². The van der Waals surface area contributed by atoms with E-state index in [1.807, 2.05) is 5.48 Å². The largest absolute Gasteiger partial charge is 0.291 e. The van der Waals surface area contributed by atoms with Gasteiger partial charge < -0.3 is 0 Å². The first-order chi connectivity index (χ1) is 10.8. The molecular weight excluding hydrogens is 342 g/mol. The molecule has 1 heterocycles. The summed E-state index contributed by atoms with van der Waals surface area (Å²) in [4.78, 5) is 0.0730. The molecule has 3 N–H and O–H groups in total. The average molecular weight is 361 g/mol. The molecule has 128 valence electrons. The lowest BCUT2D eigenvalue weighted by Gasteiger charge is -2.17. The fourth-order valence-electron chi connectivity index (χ4n) is 2.35. The molecule has 1 atom stereocenters. The van der Waals surface area contributed by atoms with Gasteiger partial charge in [-0.3, -0.25) is 10.7 Å². The van der Waals surface area contributed by atoms with Gasteiger partial charge in [0.05, 0.1) is 10.6 Å². The number of hydrogen-bond donors (Lipinski definition) is 3. The molecule has 0 radical (unpaired) electrons. The van der Waals surface area contributed by atoms with E-state index in [1.165, 1.54) is 28.6 Å². The topological polar surface area (TPSA) is 116 Å². The zero-order chi connectivity index (χ0) is 17.1. The summed E-state index contributed by atoms with van der Waals surface area (Å²) in [5.74, 6) is -0.0985. The Balaban J connectivity index is 2.06. The Kier molecular flexibility index (Phi) is 5.42. The molecular formula is C13H19N3O5S2. The van der Waals surface area contributed by atoms with Crippen molar-refractivity contribution in [2.24, 2.45) is 5.92 Å². The molecule has 1 aromatic rings. The van der Waals surface area contributed by atoms with Crippen molar-refractivity contribution in [1.29, 1.82) is 0 Å². The van der Waals surface area contributed by atoms with Gasteiger partial charge >= 0.3 is 0 Å². The highest BCUT2D eigenvalue weighted by atomic mass is 32.2. The minimum absolute atomic E-state index is 0.0730. The molecule has 10 heteroatoms. The quantitative estimate of drug-likeness (QED) is 0.611. The van der Waals surface area contributed by atoms with Crippen molar-refractivity contribution < 1.29 is 22.0 Å². The number of sulfonamides is 2. The van der Waals surface area contributed by atoms with Crippen molar-refractivity contribution >= 4 is 25.7 Å². The molecule has 0 bridgehead atoms. The van der Waals surface area contributed by atoms with Gasteiger partial charge in [0, 0.05) is 25.0 Å². The number of anilines is 1. The van der Waals surface area contributed by atoms with Gasteiger partial charge in [0.2, 0.25) is 20.0 Å². The summed E-state index contributed by atoms with van der Waals surface area (Å²) < 4.78 is 51.5. The van der Waals surface area contributed by atoms with Crippen molar-refractivity contribution in [3.8, 4) is 0 Å². The molecule has 0 spiro atoms. The molecule has 1 aliphatic rings. The molecule has 1 fully saturated rings. The van der Waals surface area contributed by atoms with Crippen LogP contribution in [0.3, 0.4) is 0 Å². The second-order valence-corrected chi connectivity index (χ2v) is 8.87. The zero-order valence-electron chi connectivity index (χ0n) is 12.3. The molecule has 0 amide bonds. The summed E-state index contributed by atoms with van der Waals surface area (Å²) in [6.45, 7) is 3.92. The average Bonchev–Trinajstić information content (AvgIpc) is 3.03. The third kappa shape index (κ3) is 4.30. The van der Waals surface area contributed by atoms with E-state index in [9.17, 15) is 16.8 Å². The van der Waals surface area contributed by atoms with Gasteiger partial charge in [0.15, 0.2) is 0 Å². The second-order valence-electron chi connectivity index (χ2n) is 5.22. The Morgan fingerprint density at radius 1 is 1.35 bits per heavy atom. The Morgan fingerprint density at radius 3 is 2.74 bits per heavy atom. The van der Waals surface area contributed by atoms with Crippen LogP contribution >= 0.6 is 0 Å². The smallest absolute Gasteiger partial charge is 0.243 e. The Bertz CT molecular complexity index is 777. The number of nitrogens with zero attached hydrogens (tertiary/aromatic N) is 1. The highest BCUT2D eigenvalue weighted by Gasteiger charge is 2.32. The summed E-state index contributed by atoms with van der Waals surface area (Å²) in [6, 6.07) is 5.85. The number of nitrogens with one attached hydrogen (secondary N) is 2. The first kappa shape index (κ1) is 17.9. The Morgan fingerprint density at radius 2 is 2.09 bits per heavy atom. The van der Waals surface area contributed by atoms with Crippen molar-refractivity contribution in [1.82, 2.24) is 9.03 Å². The fraction of sp³-hybridized carbons (Fsp3) is 0.385. The lowest BCUT2D eigenvalue weighted by molar-refractivity contribution is 0.388. The lowest BCUT2D eigenvalue weighted by Crippen LogP contribution is -2.32. The van der Waals surface area contributed by atoms with E-state index in [-0.39, 0.29) is 29.6 Å². The molecule has 0 aromatic heterocycles. The van der Waals surface area contributed by atoms with Crippen LogP contribution in [0.25, 0.3) is 0 Å². The highest BCUT2D eigenvalue weighted by molar-refractivity contribution is 7.92. The van der Waals surface area contributed by atoms with Crippen molar-refractivity contribution in [2.75, 3.05) is 25.1 Å². The predicted octanol–water partition coefficient (Wildman–Crippen LogP) is 0.561. The summed E-state index contributed by atoms with van der Waals surface area (Å²) in [5, 5.41) is 9.70. The zero-order valence-corrected chi connectivity index (χ0v) is 14.0. The summed E-state index contributed by atoms with van der Waals surface area (Å²) in [6.07, 6.45) is 0.566. The van der Waals surface area contributed by atoms with E-state index < -0.39 is 20.0 Å². The SMILES string of the molecule is C=CS(=O)(=O)NC[C@H]1CCN(S(=O)(=O)c2cccc(NO)c2)C1. The van der Waals surface area contributed by atoms with E-state index in [4.69, 9.17) is 5.21 Å². The molecule has 1 saturated heterocycles. The first-order valence-corrected chi connectivity index (χ1v) is 9.89. The minimum Gasteiger partial charge on any atom is -0.291 e. The van der Waals surface area contributed by atoms with Gasteiger partial charge in [-0.2, -0.15) is 4.31 Å². The molecule has 0 aliphatic carbocycles. The summed E-state index contributed by atoms with van der Waals surface area (Å²) >= 11 is 0. The van der Waals surface area contributed by atoms with Crippen LogP contribution in [0, 0.1) is 5.92 Å². The maximum absolute atomic E-state index is 12.6. The van der Waals surface area contributed by atoms with Crippen LogP contribution < -0.4 is 10.2 Å². The van der Waals surface area contributed by atoms with Gasteiger partial charge in [0.1, 0.15) is 0 Å². The molecule has 0 unspecified atom stereocenters. The van der Waals surface area contributed by atoms with E-state index in [0.29, 0.717) is 13.0 Å². The third-order valence-corrected chi connectivity index (χ3v) is 6.51. The van der Waals surface area contributed by atoms with E-state index >= 15 is 0 Å².